The van der Waals surface area contributed by atoms with Crippen LogP contribution >= 0.6 is 0 Å². The number of rotatable bonds is 6. The normalized spacial score (nSPS) is 15.3. The molecule has 1 atom stereocenters. The van der Waals surface area contributed by atoms with E-state index in [0.29, 0.717) is 0 Å². The van der Waals surface area contributed by atoms with E-state index in [1.165, 1.54) is 0 Å². The number of carboxylic acid groups (broad SMARTS) is 2. The van der Waals surface area contributed by atoms with Gasteiger partial charge in [0.05, 0.1) is 19.7 Å². The van der Waals surface area contributed by atoms with Gasteiger partial charge in [-0.15, -0.1) is 0 Å². The Labute approximate surface area is 126 Å². The van der Waals surface area contributed by atoms with Crippen LogP contribution in [-0.2, 0) is 20.8 Å². The predicted octanol–water partition coefficient (Wildman–Crippen LogP) is 0.755. The summed E-state index contributed by atoms with van der Waals surface area (Å²) in [5, 5.41) is 19.6. The van der Waals surface area contributed by atoms with Crippen LogP contribution in [0.15, 0.2) is 30.3 Å². The number of carbonyl (C=O) groups excluding carboxylic acids is 1. The van der Waals surface area contributed by atoms with E-state index in [4.69, 9.17) is 17.1 Å². The maximum Gasteiger partial charge on any atom is 0.326 e. The second-order valence-electron chi connectivity index (χ2n) is 4.21. The molecule has 1 heterocycles. The van der Waals surface area contributed by atoms with Gasteiger partial charge >= 0.3 is 11.9 Å². The highest BCUT2D eigenvalue weighted by atomic mass is 16.4. The van der Waals surface area contributed by atoms with Gasteiger partial charge in [0.15, 0.2) is 0 Å². The fraction of sp³-hybridized carbons (Fsp3) is 0.214. The Morgan fingerprint density at radius 2 is 2.00 bits per heavy atom. The summed E-state index contributed by atoms with van der Waals surface area (Å²) >= 11 is 0. The summed E-state index contributed by atoms with van der Waals surface area (Å²) in [6.45, 7) is 0. The van der Waals surface area contributed by atoms with E-state index < -0.39 is 60.9 Å². The van der Waals surface area contributed by atoms with Gasteiger partial charge in [-0.3, -0.25) is 9.59 Å². The molecule has 2 rings (SSSR count). The summed E-state index contributed by atoms with van der Waals surface area (Å²) < 4.78 is 38.9. The molecule has 0 unspecified atom stereocenters. The Morgan fingerprint density at radius 3 is 2.67 bits per heavy atom. The third-order valence-corrected chi connectivity index (χ3v) is 2.68. The van der Waals surface area contributed by atoms with Gasteiger partial charge in [0, 0.05) is 17.1 Å². The number of carbonyl (C=O) groups is 3. The number of H-pyrrole nitrogens is 1. The van der Waals surface area contributed by atoms with E-state index in [2.05, 4.69) is 4.98 Å². The molecule has 0 fully saturated rings. The minimum Gasteiger partial charge on any atom is -0.481 e. The molecule has 1 amide bonds. The van der Waals surface area contributed by atoms with Gasteiger partial charge in [-0.25, -0.2) is 4.79 Å². The standard InChI is InChI=1S/C14H14N2O5/c17-12(16-11(14(20)21)6-13(18)19)5-8-7-15-10-4-2-1-3-9(8)10/h1-4,7,11,15H,5-6H2,(H,16,17)(H,18,19)(H,20,21)/t11-/m0/s1/i1D,2D,3D,4D,7D,16+1. The fourth-order valence-corrected chi connectivity index (χ4v) is 1.75. The first kappa shape index (κ1) is 9.17. The van der Waals surface area contributed by atoms with Crippen LogP contribution in [0.3, 0.4) is 0 Å². The first-order valence-electron chi connectivity index (χ1n) is 8.36. The molecule has 21 heavy (non-hydrogen) atoms. The van der Waals surface area contributed by atoms with Gasteiger partial charge < -0.3 is 20.5 Å². The number of amides is 1. The largest absolute Gasteiger partial charge is 0.481 e. The molecule has 0 aliphatic heterocycles. The van der Waals surface area contributed by atoms with Crippen molar-refractivity contribution in [3.05, 3.63) is 35.9 Å². The highest BCUT2D eigenvalue weighted by Crippen LogP contribution is 2.18. The van der Waals surface area contributed by atoms with E-state index in [9.17, 15) is 14.4 Å². The monoisotopic (exact) mass is 296 g/mol. The molecule has 0 aliphatic carbocycles. The molecule has 1 aromatic carbocycles. The Balaban J connectivity index is 2.39. The summed E-state index contributed by atoms with van der Waals surface area (Å²) in [7, 11) is 0. The third kappa shape index (κ3) is 3.59. The highest BCUT2D eigenvalue weighted by Gasteiger charge is 2.23. The molecule has 0 aliphatic rings. The van der Waals surface area contributed by atoms with Crippen molar-refractivity contribution in [1.29, 1.82) is 0 Å². The van der Waals surface area contributed by atoms with E-state index >= 15 is 0 Å². The zero-order valence-corrected chi connectivity index (χ0v) is 10.6. The lowest BCUT2D eigenvalue weighted by Crippen LogP contribution is -2.42. The van der Waals surface area contributed by atoms with Crippen molar-refractivity contribution in [3.8, 4) is 0 Å². The van der Waals surface area contributed by atoms with Crippen molar-refractivity contribution in [3.63, 3.8) is 0 Å². The number of benzene rings is 1. The summed E-state index contributed by atoms with van der Waals surface area (Å²) in [6.07, 6.45) is -1.70. The van der Waals surface area contributed by atoms with Crippen LogP contribution in [0.4, 0.5) is 0 Å². The minimum absolute atomic E-state index is 0.0379. The molecule has 0 saturated carbocycles. The maximum atomic E-state index is 12.1. The lowest BCUT2D eigenvalue weighted by Gasteiger charge is -2.12. The van der Waals surface area contributed by atoms with Crippen molar-refractivity contribution in [2.24, 2.45) is 0 Å². The number of aromatic amines is 1. The molecule has 0 spiro atoms. The number of nitrogens with one attached hydrogen (secondary N) is 2. The molecule has 110 valence electrons. The van der Waals surface area contributed by atoms with Gasteiger partial charge in [0.2, 0.25) is 5.91 Å². The molecule has 1 aromatic heterocycles. The first-order chi connectivity index (χ1) is 12.0. The Morgan fingerprint density at radius 1 is 1.29 bits per heavy atom. The van der Waals surface area contributed by atoms with Gasteiger partial charge in [-0.1, -0.05) is 18.1 Å². The zero-order chi connectivity index (χ0) is 19.8. The summed E-state index contributed by atoms with van der Waals surface area (Å²) in [5.74, 6) is -3.84. The molecule has 0 radical (unpaired) electrons. The number of hydrogen-bond acceptors (Lipinski definition) is 3. The lowest BCUT2D eigenvalue weighted by atomic mass is 10.1. The van der Waals surface area contributed by atoms with E-state index in [-0.39, 0.29) is 22.6 Å². The topological polar surface area (TPSA) is 119 Å². The van der Waals surface area contributed by atoms with Gasteiger partial charge in [0.25, 0.3) is 0 Å². The van der Waals surface area contributed by atoms with E-state index in [1.807, 2.05) is 5.32 Å². The van der Waals surface area contributed by atoms with E-state index in [0.717, 1.165) is 0 Å². The summed E-state index contributed by atoms with van der Waals surface area (Å²) in [4.78, 5) is 36.2. The number of hydrogen-bond donors (Lipinski definition) is 4. The van der Waals surface area contributed by atoms with Crippen LogP contribution in [0.5, 0.6) is 0 Å². The van der Waals surface area contributed by atoms with Crippen molar-refractivity contribution in [2.75, 3.05) is 0 Å². The second-order valence-corrected chi connectivity index (χ2v) is 4.21. The van der Waals surface area contributed by atoms with Crippen LogP contribution in [0.1, 0.15) is 18.8 Å². The average molecular weight is 296 g/mol. The smallest absolute Gasteiger partial charge is 0.326 e. The number of aliphatic carboxylic acids is 2. The first-order valence-corrected chi connectivity index (χ1v) is 5.86. The molecule has 7 nitrogen and oxygen atoms in total. The molecule has 7 heteroatoms. The summed E-state index contributed by atoms with van der Waals surface area (Å²) in [5.41, 5.74) is -0.0758. The predicted molar refractivity (Wildman–Crippen MR) is 73.8 cm³/mol. The second kappa shape index (κ2) is 6.08. The average Bonchev–Trinajstić information content (AvgIpc) is 2.86. The van der Waals surface area contributed by atoms with Crippen LogP contribution in [0.25, 0.3) is 10.9 Å². The van der Waals surface area contributed by atoms with Crippen LogP contribution in [0.2, 0.25) is 0 Å². The molecule has 0 bridgehead atoms. The van der Waals surface area contributed by atoms with Crippen molar-refractivity contribution >= 4 is 28.7 Å². The molecule has 2 aromatic rings. The zero-order valence-electron chi connectivity index (χ0n) is 15.6. The van der Waals surface area contributed by atoms with E-state index in [1.54, 1.807) is 0 Å². The van der Waals surface area contributed by atoms with Crippen LogP contribution < -0.4 is 5.32 Å². The molecule has 4 N–H and O–H groups in total. The van der Waals surface area contributed by atoms with Gasteiger partial charge in [-0.05, 0) is 11.6 Å². The Kier molecular flexibility index (Phi) is 2.66. The Hall–Kier alpha value is -2.83. The number of fused-ring (bicyclic) bond motifs is 1. The van der Waals surface area contributed by atoms with Crippen molar-refractivity contribution in [1.82, 2.24) is 10.3 Å². The number of carboxylic acids is 2. The third-order valence-electron chi connectivity index (χ3n) is 2.68. The quantitative estimate of drug-likeness (QED) is 0.586. The lowest BCUT2D eigenvalue weighted by molar-refractivity contribution is -0.147. The van der Waals surface area contributed by atoms with Crippen molar-refractivity contribution < 1.29 is 31.5 Å². The SMILES string of the molecule is [2H]c1[nH]c2c([2H])c([2H])c([2H])c([2H])c2c1CC(=O)[15NH][C@@H](CC(=O)O)C(=O)O. The van der Waals surface area contributed by atoms with Gasteiger partial charge in [-0.2, -0.15) is 0 Å². The molecular formula is C14H14N2O5. The minimum atomic E-state index is -1.66. The van der Waals surface area contributed by atoms with Crippen molar-refractivity contribution in [2.45, 2.75) is 18.9 Å². The Bertz CT molecular complexity index is 927. The van der Waals surface area contributed by atoms with Crippen LogP contribution in [-0.4, -0.2) is 39.1 Å². The summed E-state index contributed by atoms with van der Waals surface area (Å²) in [6, 6.07) is -3.51. The van der Waals surface area contributed by atoms with Crippen LogP contribution in [0, 0.1) is 0 Å². The number of aromatic nitrogens is 1. The maximum absolute atomic E-state index is 12.1. The fourth-order valence-electron chi connectivity index (χ4n) is 1.75. The molecular weight excluding hydrogens is 277 g/mol. The molecule has 0 saturated heterocycles. The highest BCUT2D eigenvalue weighted by molar-refractivity contribution is 5.91. The van der Waals surface area contributed by atoms with Gasteiger partial charge in [0.1, 0.15) is 6.04 Å². The number of para-hydroxylation sites is 1.